The molecule has 100 valence electrons. The predicted molar refractivity (Wildman–Crippen MR) is 64.3 cm³/mol. The molecule has 3 unspecified atom stereocenters. The van der Waals surface area contributed by atoms with Gasteiger partial charge in [0.05, 0.1) is 12.2 Å². The van der Waals surface area contributed by atoms with E-state index in [4.69, 9.17) is 19.7 Å². The van der Waals surface area contributed by atoms with Gasteiger partial charge in [-0.15, -0.1) is 0 Å². The van der Waals surface area contributed by atoms with Gasteiger partial charge < -0.3 is 24.8 Å². The van der Waals surface area contributed by atoms with Gasteiger partial charge in [-0.3, -0.25) is 0 Å². The van der Waals surface area contributed by atoms with Crippen molar-refractivity contribution < 1.29 is 24.8 Å². The summed E-state index contributed by atoms with van der Waals surface area (Å²) in [6.45, 7) is 0.0311. The van der Waals surface area contributed by atoms with Gasteiger partial charge in [0.2, 0.25) is 6.29 Å². The monoisotopic (exact) mass is 254 g/mol. The van der Waals surface area contributed by atoms with E-state index in [0.29, 0.717) is 25.0 Å². The molecule has 1 aliphatic rings. The molecule has 1 fully saturated rings. The van der Waals surface area contributed by atoms with Gasteiger partial charge in [0.1, 0.15) is 11.5 Å². The number of aliphatic hydroxyl groups excluding tert-OH is 2. The Balaban J connectivity index is 1.93. The maximum atomic E-state index is 9.72. The largest absolute Gasteiger partial charge is 0.508 e. The van der Waals surface area contributed by atoms with E-state index in [1.165, 1.54) is 12.1 Å². The average Bonchev–Trinajstić information content (AvgIpc) is 2.32. The summed E-state index contributed by atoms with van der Waals surface area (Å²) in [6, 6.07) is 6.33. The van der Waals surface area contributed by atoms with Gasteiger partial charge in [0.25, 0.3) is 0 Å². The fraction of sp³-hybridized carbons (Fsp3) is 0.538. The standard InChI is InChI=1S/C13H18O5/c14-6-5-12-7-10(16)8-13(18-12)17-11-3-1-9(15)2-4-11/h1-4,10,12-16H,5-8H2. The highest BCUT2D eigenvalue weighted by Crippen LogP contribution is 2.25. The highest BCUT2D eigenvalue weighted by Gasteiger charge is 2.29. The lowest BCUT2D eigenvalue weighted by Crippen LogP contribution is -2.39. The highest BCUT2D eigenvalue weighted by atomic mass is 16.7. The number of aromatic hydroxyl groups is 1. The van der Waals surface area contributed by atoms with Gasteiger partial charge in [0.15, 0.2) is 0 Å². The molecule has 5 nitrogen and oxygen atoms in total. The Morgan fingerprint density at radius 2 is 1.94 bits per heavy atom. The molecule has 1 aliphatic heterocycles. The Bertz CT molecular complexity index is 364. The summed E-state index contributed by atoms with van der Waals surface area (Å²) in [5.41, 5.74) is 0. The molecule has 0 radical (unpaired) electrons. The molecular formula is C13H18O5. The van der Waals surface area contributed by atoms with E-state index >= 15 is 0 Å². The molecule has 0 aromatic heterocycles. The van der Waals surface area contributed by atoms with Crippen LogP contribution in [-0.2, 0) is 4.74 Å². The van der Waals surface area contributed by atoms with Gasteiger partial charge >= 0.3 is 0 Å². The molecule has 5 heteroatoms. The molecule has 3 N–H and O–H groups in total. The van der Waals surface area contributed by atoms with E-state index in [2.05, 4.69) is 0 Å². The quantitative estimate of drug-likeness (QED) is 0.747. The van der Waals surface area contributed by atoms with Crippen molar-refractivity contribution in [1.82, 2.24) is 0 Å². The van der Waals surface area contributed by atoms with Crippen LogP contribution in [-0.4, -0.2) is 40.4 Å². The molecule has 0 aliphatic carbocycles. The second-order valence-corrected chi connectivity index (χ2v) is 4.44. The number of benzene rings is 1. The molecule has 2 rings (SSSR count). The average molecular weight is 254 g/mol. The number of aliphatic hydroxyl groups is 2. The molecule has 3 atom stereocenters. The van der Waals surface area contributed by atoms with E-state index in [9.17, 15) is 5.11 Å². The summed E-state index contributed by atoms with van der Waals surface area (Å²) in [7, 11) is 0. The van der Waals surface area contributed by atoms with Crippen LogP contribution in [0.1, 0.15) is 19.3 Å². The molecule has 1 heterocycles. The van der Waals surface area contributed by atoms with E-state index < -0.39 is 12.4 Å². The van der Waals surface area contributed by atoms with Crippen molar-refractivity contribution in [1.29, 1.82) is 0 Å². The second kappa shape index (κ2) is 6.04. The summed E-state index contributed by atoms with van der Waals surface area (Å²) >= 11 is 0. The Morgan fingerprint density at radius 3 is 2.61 bits per heavy atom. The highest BCUT2D eigenvalue weighted by molar-refractivity contribution is 5.30. The van der Waals surface area contributed by atoms with Crippen LogP contribution in [0.2, 0.25) is 0 Å². The van der Waals surface area contributed by atoms with Gasteiger partial charge in [0, 0.05) is 13.0 Å². The van der Waals surface area contributed by atoms with Gasteiger partial charge in [-0.25, -0.2) is 0 Å². The van der Waals surface area contributed by atoms with Crippen molar-refractivity contribution in [3.8, 4) is 11.5 Å². The molecule has 18 heavy (non-hydrogen) atoms. The zero-order valence-corrected chi connectivity index (χ0v) is 10.0. The summed E-state index contributed by atoms with van der Waals surface area (Å²) in [5.74, 6) is 0.750. The van der Waals surface area contributed by atoms with Crippen LogP contribution in [0, 0.1) is 0 Å². The van der Waals surface area contributed by atoms with Crippen molar-refractivity contribution in [2.45, 2.75) is 37.8 Å². The Hall–Kier alpha value is -1.30. The molecule has 0 spiro atoms. The predicted octanol–water partition coefficient (Wildman–Crippen LogP) is 1.02. The van der Waals surface area contributed by atoms with Gasteiger partial charge in [-0.1, -0.05) is 0 Å². The molecule has 1 saturated heterocycles. The third kappa shape index (κ3) is 3.60. The minimum absolute atomic E-state index is 0.0311. The first-order valence-corrected chi connectivity index (χ1v) is 6.07. The van der Waals surface area contributed by atoms with E-state index in [1.54, 1.807) is 12.1 Å². The summed E-state index contributed by atoms with van der Waals surface area (Å²) in [5, 5.41) is 27.8. The zero-order chi connectivity index (χ0) is 13.0. The number of hydrogen-bond acceptors (Lipinski definition) is 5. The maximum Gasteiger partial charge on any atom is 0.202 e. The third-order valence-corrected chi connectivity index (χ3v) is 2.90. The number of phenols is 1. The molecule has 0 saturated carbocycles. The van der Waals surface area contributed by atoms with E-state index in [0.717, 1.165) is 0 Å². The third-order valence-electron chi connectivity index (χ3n) is 2.90. The topological polar surface area (TPSA) is 79.2 Å². The maximum absolute atomic E-state index is 9.72. The Kier molecular flexibility index (Phi) is 4.41. The first kappa shape index (κ1) is 13.1. The molecular weight excluding hydrogens is 236 g/mol. The lowest BCUT2D eigenvalue weighted by atomic mass is 10.0. The lowest BCUT2D eigenvalue weighted by Gasteiger charge is -2.32. The number of rotatable bonds is 4. The molecule has 1 aromatic rings. The summed E-state index contributed by atoms with van der Waals surface area (Å²) in [6.07, 6.45) is 0.249. The van der Waals surface area contributed by atoms with Crippen molar-refractivity contribution in [3.05, 3.63) is 24.3 Å². The molecule has 1 aromatic carbocycles. The minimum Gasteiger partial charge on any atom is -0.508 e. The van der Waals surface area contributed by atoms with Gasteiger partial charge in [-0.05, 0) is 37.1 Å². The molecule has 0 bridgehead atoms. The van der Waals surface area contributed by atoms with Crippen LogP contribution in [0.3, 0.4) is 0 Å². The number of phenolic OH excluding ortho intramolecular Hbond substituents is 1. The first-order chi connectivity index (χ1) is 8.67. The minimum atomic E-state index is -0.519. The van der Waals surface area contributed by atoms with Crippen LogP contribution in [0.5, 0.6) is 11.5 Å². The van der Waals surface area contributed by atoms with Crippen molar-refractivity contribution >= 4 is 0 Å². The summed E-state index contributed by atoms with van der Waals surface area (Å²) in [4.78, 5) is 0. The van der Waals surface area contributed by atoms with Crippen LogP contribution in [0.15, 0.2) is 24.3 Å². The second-order valence-electron chi connectivity index (χ2n) is 4.44. The normalized spacial score (nSPS) is 28.0. The van der Waals surface area contributed by atoms with Crippen LogP contribution in [0.4, 0.5) is 0 Å². The number of hydrogen-bond donors (Lipinski definition) is 3. The van der Waals surface area contributed by atoms with Crippen LogP contribution < -0.4 is 4.74 Å². The fourth-order valence-corrected chi connectivity index (χ4v) is 2.03. The van der Waals surface area contributed by atoms with Crippen LogP contribution >= 0.6 is 0 Å². The number of ether oxygens (including phenoxy) is 2. The van der Waals surface area contributed by atoms with Crippen molar-refractivity contribution in [3.63, 3.8) is 0 Å². The van der Waals surface area contributed by atoms with E-state index in [-0.39, 0.29) is 18.5 Å². The zero-order valence-electron chi connectivity index (χ0n) is 10.0. The summed E-state index contributed by atoms with van der Waals surface area (Å²) < 4.78 is 11.2. The van der Waals surface area contributed by atoms with Crippen LogP contribution in [0.25, 0.3) is 0 Å². The Morgan fingerprint density at radius 1 is 1.22 bits per heavy atom. The van der Waals surface area contributed by atoms with Crippen molar-refractivity contribution in [2.75, 3.05) is 6.61 Å². The SMILES string of the molecule is OCCC1CC(O)CC(Oc2ccc(O)cc2)O1. The van der Waals surface area contributed by atoms with Crippen molar-refractivity contribution in [2.24, 2.45) is 0 Å². The smallest absolute Gasteiger partial charge is 0.202 e. The van der Waals surface area contributed by atoms with E-state index in [1.807, 2.05) is 0 Å². The fourth-order valence-electron chi connectivity index (χ4n) is 2.03. The Labute approximate surface area is 106 Å². The first-order valence-electron chi connectivity index (χ1n) is 6.07. The lowest BCUT2D eigenvalue weighted by molar-refractivity contribution is -0.178. The molecule has 0 amide bonds. The van der Waals surface area contributed by atoms with Gasteiger partial charge in [-0.2, -0.15) is 0 Å².